The van der Waals surface area contributed by atoms with Crippen molar-refractivity contribution in [3.63, 3.8) is 0 Å². The van der Waals surface area contributed by atoms with Crippen LogP contribution in [0.3, 0.4) is 0 Å². The van der Waals surface area contributed by atoms with Gasteiger partial charge in [-0.1, -0.05) is 19.1 Å². The van der Waals surface area contributed by atoms with Crippen LogP contribution in [0.15, 0.2) is 53.4 Å². The molecule has 126 valence electrons. The molecule has 0 radical (unpaired) electrons. The number of anilines is 1. The topological polar surface area (TPSA) is 80.5 Å². The lowest BCUT2D eigenvalue weighted by Crippen LogP contribution is -2.27. The molecule has 2 aromatic rings. The van der Waals surface area contributed by atoms with Crippen molar-refractivity contribution < 1.29 is 14.5 Å². The number of nitro benzene ring substituents is 1. The van der Waals surface area contributed by atoms with Gasteiger partial charge in [0.1, 0.15) is 0 Å². The average Bonchev–Trinajstić information content (AvgIpc) is 2.89. The van der Waals surface area contributed by atoms with Crippen molar-refractivity contribution in [2.24, 2.45) is 0 Å². The Hall–Kier alpha value is -2.93. The van der Waals surface area contributed by atoms with Crippen LogP contribution < -0.4 is 4.90 Å². The maximum Gasteiger partial charge on any atom is 0.298 e. The van der Waals surface area contributed by atoms with Crippen molar-refractivity contribution in [3.8, 4) is 0 Å². The van der Waals surface area contributed by atoms with Crippen LogP contribution in [0.4, 0.5) is 16.2 Å². The molecule has 6 nitrogen and oxygen atoms in total. The fourth-order valence-electron chi connectivity index (χ4n) is 2.41. The zero-order chi connectivity index (χ0) is 18.0. The molecule has 0 N–H and O–H groups in total. The summed E-state index contributed by atoms with van der Waals surface area (Å²) in [5.74, 6) is -0.391. The minimum atomic E-state index is -0.488. The van der Waals surface area contributed by atoms with Crippen LogP contribution >= 0.6 is 11.8 Å². The second kappa shape index (κ2) is 6.90. The lowest BCUT2D eigenvalue weighted by atomic mass is 10.1. The van der Waals surface area contributed by atoms with Gasteiger partial charge in [-0.15, -0.1) is 0 Å². The predicted molar refractivity (Wildman–Crippen MR) is 97.4 cm³/mol. The van der Waals surface area contributed by atoms with Crippen LogP contribution in [0.25, 0.3) is 6.08 Å². The summed E-state index contributed by atoms with van der Waals surface area (Å²) in [5.41, 5.74) is 2.25. The summed E-state index contributed by atoms with van der Waals surface area (Å²) in [7, 11) is 0. The Labute approximate surface area is 148 Å². The first-order chi connectivity index (χ1) is 12.0. The van der Waals surface area contributed by atoms with Crippen LogP contribution in [-0.4, -0.2) is 16.1 Å². The highest BCUT2D eigenvalue weighted by Gasteiger charge is 2.36. The van der Waals surface area contributed by atoms with Crippen molar-refractivity contribution in [1.29, 1.82) is 0 Å². The van der Waals surface area contributed by atoms with Gasteiger partial charge in [-0.2, -0.15) is 0 Å². The van der Waals surface area contributed by atoms with Gasteiger partial charge in [0.25, 0.3) is 16.8 Å². The fraction of sp³-hybridized carbons (Fsp3) is 0.111. The molecular weight excluding hydrogens is 340 g/mol. The number of aryl methyl sites for hydroxylation is 1. The zero-order valence-electron chi connectivity index (χ0n) is 13.3. The Morgan fingerprint density at radius 2 is 1.72 bits per heavy atom. The third-order valence-corrected chi connectivity index (χ3v) is 4.67. The van der Waals surface area contributed by atoms with Gasteiger partial charge in [0.2, 0.25) is 0 Å². The quantitative estimate of drug-likeness (QED) is 0.462. The average molecular weight is 354 g/mol. The monoisotopic (exact) mass is 354 g/mol. The van der Waals surface area contributed by atoms with Crippen LogP contribution in [0.1, 0.15) is 18.1 Å². The van der Waals surface area contributed by atoms with Gasteiger partial charge in [0.15, 0.2) is 0 Å². The molecule has 1 aliphatic heterocycles. The molecule has 1 heterocycles. The van der Waals surface area contributed by atoms with Crippen molar-refractivity contribution in [3.05, 3.63) is 74.7 Å². The van der Waals surface area contributed by atoms with Gasteiger partial charge >= 0.3 is 0 Å². The van der Waals surface area contributed by atoms with E-state index in [0.717, 1.165) is 28.6 Å². The van der Waals surface area contributed by atoms with Crippen LogP contribution in [-0.2, 0) is 11.2 Å². The first-order valence-electron chi connectivity index (χ1n) is 7.61. The molecule has 3 rings (SSSR count). The predicted octanol–water partition coefficient (Wildman–Crippen LogP) is 4.40. The molecule has 0 atom stereocenters. The Bertz CT molecular complexity index is 873. The summed E-state index contributed by atoms with van der Waals surface area (Å²) in [6.45, 7) is 2.03. The Morgan fingerprint density at radius 3 is 2.28 bits per heavy atom. The second-order valence-electron chi connectivity index (χ2n) is 5.39. The standard InChI is InChI=1S/C18H14N2O4S/c1-2-12-3-7-14(8-4-12)19-17(21)16(25-18(19)22)11-13-5-9-15(10-6-13)20(23)24/h3-11H,2H2,1H3/b16-11-. The number of carbonyl (C=O) groups excluding carboxylic acids is 2. The summed E-state index contributed by atoms with van der Waals surface area (Å²) in [5, 5.41) is 10.3. The van der Waals surface area contributed by atoms with Crippen LogP contribution in [0, 0.1) is 10.1 Å². The number of non-ortho nitro benzene ring substituents is 1. The van der Waals surface area contributed by atoms with E-state index in [1.807, 2.05) is 19.1 Å². The number of hydrogen-bond acceptors (Lipinski definition) is 5. The minimum absolute atomic E-state index is 0.0266. The van der Waals surface area contributed by atoms with E-state index in [2.05, 4.69) is 0 Å². The summed E-state index contributed by atoms with van der Waals surface area (Å²) < 4.78 is 0. The number of rotatable bonds is 4. The number of benzene rings is 2. The maximum absolute atomic E-state index is 12.6. The van der Waals surface area contributed by atoms with Gasteiger partial charge in [0, 0.05) is 12.1 Å². The highest BCUT2D eigenvalue weighted by Crippen LogP contribution is 2.35. The van der Waals surface area contributed by atoms with Crippen molar-refractivity contribution >= 4 is 40.4 Å². The van der Waals surface area contributed by atoms with Crippen LogP contribution in [0.5, 0.6) is 0 Å². The third kappa shape index (κ3) is 3.46. The van der Waals surface area contributed by atoms with Crippen molar-refractivity contribution in [2.75, 3.05) is 4.90 Å². The smallest absolute Gasteiger partial charge is 0.268 e. The zero-order valence-corrected chi connectivity index (χ0v) is 14.2. The Kier molecular flexibility index (Phi) is 4.67. The number of thioether (sulfide) groups is 1. The van der Waals surface area contributed by atoms with E-state index in [0.29, 0.717) is 16.2 Å². The lowest BCUT2D eigenvalue weighted by Gasteiger charge is -2.12. The highest BCUT2D eigenvalue weighted by molar-refractivity contribution is 8.19. The SMILES string of the molecule is CCc1ccc(N2C(=O)S/C(=C\c3ccc([N+](=O)[O-])cc3)C2=O)cc1. The molecule has 1 saturated heterocycles. The normalized spacial score (nSPS) is 15.9. The van der Waals surface area contributed by atoms with Gasteiger partial charge in [-0.3, -0.25) is 19.7 Å². The molecule has 0 aromatic heterocycles. The van der Waals surface area contributed by atoms with Gasteiger partial charge in [-0.05, 0) is 59.7 Å². The van der Waals surface area contributed by atoms with Gasteiger partial charge in [-0.25, -0.2) is 4.90 Å². The van der Waals surface area contributed by atoms with Crippen molar-refractivity contribution in [1.82, 2.24) is 0 Å². The number of amides is 2. The largest absolute Gasteiger partial charge is 0.298 e. The molecule has 25 heavy (non-hydrogen) atoms. The van der Waals surface area contributed by atoms with E-state index in [1.54, 1.807) is 30.3 Å². The number of hydrogen-bond donors (Lipinski definition) is 0. The molecule has 2 aromatic carbocycles. The molecule has 7 heteroatoms. The third-order valence-electron chi connectivity index (χ3n) is 3.80. The molecular formula is C18H14N2O4S. The Morgan fingerprint density at radius 1 is 1.08 bits per heavy atom. The highest BCUT2D eigenvalue weighted by atomic mass is 32.2. The van der Waals surface area contributed by atoms with E-state index >= 15 is 0 Å². The molecule has 0 aliphatic carbocycles. The van der Waals surface area contributed by atoms with E-state index in [1.165, 1.54) is 12.1 Å². The molecule has 1 fully saturated rings. The van der Waals surface area contributed by atoms with E-state index in [9.17, 15) is 19.7 Å². The van der Waals surface area contributed by atoms with Gasteiger partial charge < -0.3 is 0 Å². The fourth-order valence-corrected chi connectivity index (χ4v) is 3.26. The van der Waals surface area contributed by atoms with E-state index in [-0.39, 0.29) is 10.9 Å². The number of imide groups is 1. The Balaban J connectivity index is 1.85. The first kappa shape index (κ1) is 16.9. The molecule has 0 spiro atoms. The molecule has 2 amide bonds. The van der Waals surface area contributed by atoms with E-state index < -0.39 is 10.8 Å². The second-order valence-corrected chi connectivity index (χ2v) is 6.38. The molecule has 0 bridgehead atoms. The maximum atomic E-state index is 12.6. The molecule has 1 aliphatic rings. The van der Waals surface area contributed by atoms with Crippen molar-refractivity contribution in [2.45, 2.75) is 13.3 Å². The van der Waals surface area contributed by atoms with Gasteiger partial charge in [0.05, 0.1) is 15.5 Å². The first-order valence-corrected chi connectivity index (χ1v) is 8.42. The summed E-state index contributed by atoms with van der Waals surface area (Å²) >= 11 is 0.857. The molecule has 0 unspecified atom stereocenters. The minimum Gasteiger partial charge on any atom is -0.268 e. The summed E-state index contributed by atoms with van der Waals surface area (Å²) in [6.07, 6.45) is 2.44. The number of nitrogens with zero attached hydrogens (tertiary/aromatic N) is 2. The lowest BCUT2D eigenvalue weighted by molar-refractivity contribution is -0.384. The number of carbonyl (C=O) groups is 2. The number of nitro groups is 1. The molecule has 0 saturated carbocycles. The van der Waals surface area contributed by atoms with Crippen LogP contribution in [0.2, 0.25) is 0 Å². The summed E-state index contributed by atoms with van der Waals surface area (Å²) in [6, 6.07) is 13.1. The van der Waals surface area contributed by atoms with E-state index in [4.69, 9.17) is 0 Å². The summed E-state index contributed by atoms with van der Waals surface area (Å²) in [4.78, 5) is 36.4.